The summed E-state index contributed by atoms with van der Waals surface area (Å²) >= 11 is 0. The second kappa shape index (κ2) is 7.92. The Kier molecular flexibility index (Phi) is 5.26. The molecule has 0 saturated carbocycles. The Labute approximate surface area is 186 Å². The molecule has 0 aliphatic carbocycles. The molecule has 4 aromatic rings. The van der Waals surface area contributed by atoms with Gasteiger partial charge in [-0.05, 0) is 30.3 Å². The van der Waals surface area contributed by atoms with Crippen LogP contribution in [-0.4, -0.2) is 46.3 Å². The Bertz CT molecular complexity index is 1300. The van der Waals surface area contributed by atoms with Crippen LogP contribution in [0.5, 0.6) is 0 Å². The van der Waals surface area contributed by atoms with Gasteiger partial charge in [0.25, 0.3) is 0 Å². The highest BCUT2D eigenvalue weighted by Crippen LogP contribution is 2.42. The third kappa shape index (κ3) is 3.41. The van der Waals surface area contributed by atoms with Crippen LogP contribution in [-0.2, 0) is 0 Å². The number of nitrogen functional groups attached to an aromatic ring is 1. The van der Waals surface area contributed by atoms with Gasteiger partial charge in [0.05, 0.1) is 39.8 Å². The van der Waals surface area contributed by atoms with Crippen molar-refractivity contribution in [3.63, 3.8) is 0 Å². The lowest BCUT2D eigenvalue weighted by Gasteiger charge is -2.16. The number of fused-ring (bicyclic) bond motifs is 2. The van der Waals surface area contributed by atoms with Gasteiger partial charge in [-0.3, -0.25) is 0 Å². The van der Waals surface area contributed by atoms with E-state index in [2.05, 4.69) is 5.32 Å². The van der Waals surface area contributed by atoms with Crippen molar-refractivity contribution in [1.82, 2.24) is 0 Å². The number of anilines is 4. The van der Waals surface area contributed by atoms with Gasteiger partial charge in [0.1, 0.15) is 0 Å². The predicted molar refractivity (Wildman–Crippen MR) is 133 cm³/mol. The first-order valence-electron chi connectivity index (χ1n) is 10.2. The van der Waals surface area contributed by atoms with Gasteiger partial charge in [-0.2, -0.15) is 0 Å². The van der Waals surface area contributed by atoms with Gasteiger partial charge in [0, 0.05) is 57.7 Å². The number of aromatic carboxylic acids is 1. The normalized spacial score (nSPS) is 11.0. The molecule has 4 rings (SSSR count). The number of carboxylic acid groups (broad SMARTS) is 1. The molecule has 0 radical (unpaired) electrons. The number of hydrogen-bond acceptors (Lipinski definition) is 5. The highest BCUT2D eigenvalue weighted by molar-refractivity contribution is 6.15. The molecular weight excluding hydrogens is 404 g/mol. The molecular formula is C25H27N4O3+. The molecule has 164 valence electrons. The number of nitrogens with one attached hydrogen (secondary N) is 1. The lowest BCUT2D eigenvalue weighted by atomic mass is 9.91. The highest BCUT2D eigenvalue weighted by Gasteiger charge is 2.26. The summed E-state index contributed by atoms with van der Waals surface area (Å²) in [5.74, 6) is -1.08. The predicted octanol–water partition coefficient (Wildman–Crippen LogP) is 4.99. The number of benzene rings is 3. The Morgan fingerprint density at radius 1 is 0.906 bits per heavy atom. The standard InChI is InChI=1S/C25H26N4O3/c1-27-19-11-10-18(23(24(19)26)25(30)31)22-16-8-6-14(28(2)3)12-20(16)32-21-13-15(29(4)5)7-9-17(21)22/h6-13,27H,26H2,1-5H3/p+1. The van der Waals surface area contributed by atoms with Crippen molar-refractivity contribution in [3.05, 3.63) is 54.1 Å². The monoisotopic (exact) mass is 431 g/mol. The van der Waals surface area contributed by atoms with Crippen molar-refractivity contribution in [2.45, 2.75) is 0 Å². The molecule has 0 spiro atoms. The fraction of sp³-hybridized carbons (Fsp3) is 0.200. The third-order valence-corrected chi connectivity index (χ3v) is 5.72. The third-order valence-electron chi connectivity index (χ3n) is 5.72. The quantitative estimate of drug-likeness (QED) is 0.233. The molecule has 0 unspecified atom stereocenters. The van der Waals surface area contributed by atoms with Gasteiger partial charge in [0.15, 0.2) is 0 Å². The van der Waals surface area contributed by atoms with Crippen molar-refractivity contribution >= 4 is 50.7 Å². The van der Waals surface area contributed by atoms with Crippen LogP contribution in [0.25, 0.3) is 33.1 Å². The molecule has 0 fully saturated rings. The van der Waals surface area contributed by atoms with E-state index in [9.17, 15) is 9.90 Å². The van der Waals surface area contributed by atoms with Crippen molar-refractivity contribution in [3.8, 4) is 11.1 Å². The number of rotatable bonds is 5. The topological polar surface area (TPSA) is 93.1 Å². The average Bonchev–Trinajstić information content (AvgIpc) is 2.76. The van der Waals surface area contributed by atoms with Gasteiger partial charge in [0.2, 0.25) is 0 Å². The van der Waals surface area contributed by atoms with Gasteiger partial charge in [-0.1, -0.05) is 6.07 Å². The summed E-state index contributed by atoms with van der Waals surface area (Å²) in [7, 11) is 9.58. The van der Waals surface area contributed by atoms with E-state index in [1.165, 1.54) is 0 Å². The Morgan fingerprint density at radius 2 is 1.44 bits per heavy atom. The van der Waals surface area contributed by atoms with Crippen molar-refractivity contribution in [2.75, 3.05) is 56.1 Å². The van der Waals surface area contributed by atoms with Crippen LogP contribution < -0.4 is 20.9 Å². The van der Waals surface area contributed by atoms with Crippen LogP contribution in [0.3, 0.4) is 0 Å². The fourth-order valence-electron chi connectivity index (χ4n) is 3.99. The first kappa shape index (κ1) is 21.2. The summed E-state index contributed by atoms with van der Waals surface area (Å²) in [6, 6.07) is 15.5. The van der Waals surface area contributed by atoms with E-state index in [0.717, 1.165) is 27.7 Å². The van der Waals surface area contributed by atoms with E-state index in [-0.39, 0.29) is 11.3 Å². The Hall–Kier alpha value is -4.00. The highest BCUT2D eigenvalue weighted by atomic mass is 16.4. The van der Waals surface area contributed by atoms with Crippen molar-refractivity contribution in [2.24, 2.45) is 0 Å². The minimum atomic E-state index is -1.08. The maximum absolute atomic E-state index is 12.3. The number of nitrogens with zero attached hydrogens (tertiary/aromatic N) is 2. The largest absolute Gasteiger partial charge is 0.478 e. The van der Waals surface area contributed by atoms with Gasteiger partial charge >= 0.3 is 17.1 Å². The summed E-state index contributed by atoms with van der Waals surface area (Å²) in [6.07, 6.45) is 0. The number of nitrogens with two attached hydrogens (primary N) is 1. The van der Waals surface area contributed by atoms with Gasteiger partial charge in [-0.15, -0.1) is 0 Å². The molecule has 7 nitrogen and oxygen atoms in total. The summed E-state index contributed by atoms with van der Waals surface area (Å²) in [5.41, 5.74) is 11.8. The van der Waals surface area contributed by atoms with Crippen LogP contribution >= 0.6 is 0 Å². The minimum absolute atomic E-state index is 0.0685. The molecule has 32 heavy (non-hydrogen) atoms. The van der Waals surface area contributed by atoms with E-state index in [4.69, 9.17) is 10.2 Å². The molecule has 1 aromatic heterocycles. The van der Waals surface area contributed by atoms with Gasteiger partial charge in [-0.25, -0.2) is 9.21 Å². The van der Waals surface area contributed by atoms with Crippen LogP contribution in [0, 0.1) is 0 Å². The lowest BCUT2D eigenvalue weighted by molar-refractivity contribution is 0.0699. The maximum atomic E-state index is 12.3. The SMILES string of the molecule is CNc1ccc(-c2c3ccc(N(C)C)cc3[o+]c3cc(N(C)C)ccc23)c(C(=O)O)c1N. The maximum Gasteiger partial charge on any atom is 0.363 e. The smallest absolute Gasteiger partial charge is 0.363 e. The fourth-order valence-corrected chi connectivity index (χ4v) is 3.99. The molecule has 0 atom stereocenters. The first-order valence-corrected chi connectivity index (χ1v) is 10.2. The Balaban J connectivity index is 2.18. The molecule has 0 aliphatic heterocycles. The van der Waals surface area contributed by atoms with Crippen molar-refractivity contribution < 1.29 is 14.3 Å². The lowest BCUT2D eigenvalue weighted by Crippen LogP contribution is -2.09. The van der Waals surface area contributed by atoms with Crippen LogP contribution in [0.4, 0.5) is 22.7 Å². The average molecular weight is 432 g/mol. The Morgan fingerprint density at radius 3 is 1.88 bits per heavy atom. The molecule has 0 bridgehead atoms. The molecule has 7 heteroatoms. The summed E-state index contributed by atoms with van der Waals surface area (Å²) in [4.78, 5) is 16.3. The zero-order valence-electron chi connectivity index (χ0n) is 18.9. The van der Waals surface area contributed by atoms with E-state index in [0.29, 0.717) is 22.4 Å². The zero-order valence-corrected chi connectivity index (χ0v) is 18.9. The van der Waals surface area contributed by atoms with Gasteiger partial charge < -0.3 is 26.0 Å². The summed E-state index contributed by atoms with van der Waals surface area (Å²) in [5, 5.41) is 14.7. The molecule has 0 amide bonds. The number of carbonyl (C=O) groups is 1. The summed E-state index contributed by atoms with van der Waals surface area (Å²) in [6.45, 7) is 0. The van der Waals surface area contributed by atoms with Crippen LogP contribution in [0.15, 0.2) is 52.9 Å². The summed E-state index contributed by atoms with van der Waals surface area (Å²) < 4.78 is 6.32. The second-order valence-corrected chi connectivity index (χ2v) is 8.13. The van der Waals surface area contributed by atoms with E-state index >= 15 is 0 Å². The van der Waals surface area contributed by atoms with E-state index in [1.807, 2.05) is 74.4 Å². The first-order chi connectivity index (χ1) is 15.2. The van der Waals surface area contributed by atoms with E-state index in [1.54, 1.807) is 19.2 Å². The molecule has 0 aliphatic rings. The minimum Gasteiger partial charge on any atom is -0.478 e. The molecule has 4 N–H and O–H groups in total. The van der Waals surface area contributed by atoms with Crippen molar-refractivity contribution in [1.29, 1.82) is 0 Å². The van der Waals surface area contributed by atoms with E-state index < -0.39 is 5.97 Å². The molecule has 1 heterocycles. The molecule has 3 aromatic carbocycles. The zero-order chi connectivity index (χ0) is 23.2. The van der Waals surface area contributed by atoms with Crippen LogP contribution in [0.2, 0.25) is 0 Å². The second-order valence-electron chi connectivity index (χ2n) is 8.13. The number of carboxylic acids is 1. The number of hydrogen-bond donors (Lipinski definition) is 3. The molecule has 0 saturated heterocycles. The van der Waals surface area contributed by atoms with Crippen LogP contribution in [0.1, 0.15) is 10.4 Å².